The minimum atomic E-state index is -0.421. The number of rotatable bonds is 2. The first-order chi connectivity index (χ1) is 6.16. The van der Waals surface area contributed by atoms with Crippen LogP contribution in [0.2, 0.25) is 0 Å². The predicted octanol–water partition coefficient (Wildman–Crippen LogP) is 2.78. The van der Waals surface area contributed by atoms with E-state index in [0.29, 0.717) is 11.1 Å². The van der Waals surface area contributed by atoms with Gasteiger partial charge >= 0.3 is 5.97 Å². The maximum atomic E-state index is 11.3. The van der Waals surface area contributed by atoms with E-state index in [-0.39, 0.29) is 5.69 Å². The predicted molar refractivity (Wildman–Crippen MR) is 55.6 cm³/mol. The van der Waals surface area contributed by atoms with Crippen LogP contribution in [0.3, 0.4) is 0 Å². The average molecular weight is 309 g/mol. The number of carbonyl (C=O) groups is 1. The van der Waals surface area contributed by atoms with Crippen LogP contribution in [-0.4, -0.2) is 17.6 Å². The van der Waals surface area contributed by atoms with Crippen LogP contribution in [0.5, 0.6) is 0 Å². The summed E-state index contributed by atoms with van der Waals surface area (Å²) >= 11 is 6.51. The first kappa shape index (κ1) is 10.7. The van der Waals surface area contributed by atoms with Gasteiger partial charge in [0, 0.05) is 10.7 Å². The van der Waals surface area contributed by atoms with Crippen LogP contribution in [0.1, 0.15) is 17.4 Å². The van der Waals surface area contributed by atoms with Gasteiger partial charge in [-0.25, -0.2) is 9.78 Å². The van der Waals surface area contributed by atoms with Gasteiger partial charge in [0.15, 0.2) is 5.69 Å². The normalized spacial score (nSPS) is 9.77. The van der Waals surface area contributed by atoms with E-state index >= 15 is 0 Å². The lowest BCUT2D eigenvalue weighted by Gasteiger charge is -2.03. The topological polar surface area (TPSA) is 39.2 Å². The zero-order chi connectivity index (χ0) is 9.84. The van der Waals surface area contributed by atoms with Gasteiger partial charge in [0.2, 0.25) is 0 Å². The first-order valence-electron chi connectivity index (χ1n) is 3.64. The molecule has 0 N–H and O–H groups in total. The minimum Gasteiger partial charge on any atom is -0.461 e. The molecular formula is C8H7Br2NO2. The van der Waals surface area contributed by atoms with E-state index < -0.39 is 5.97 Å². The third kappa shape index (κ3) is 2.51. The lowest BCUT2D eigenvalue weighted by atomic mass is 10.3. The molecule has 0 aliphatic heterocycles. The number of hydrogen-bond donors (Lipinski definition) is 0. The van der Waals surface area contributed by atoms with Gasteiger partial charge < -0.3 is 4.74 Å². The van der Waals surface area contributed by atoms with Gasteiger partial charge in [-0.05, 0) is 44.8 Å². The number of pyridine rings is 1. The molecule has 1 aromatic heterocycles. The van der Waals surface area contributed by atoms with Crippen molar-refractivity contribution in [2.75, 3.05) is 6.61 Å². The molecule has 3 nitrogen and oxygen atoms in total. The lowest BCUT2D eigenvalue weighted by Crippen LogP contribution is -2.07. The van der Waals surface area contributed by atoms with Crippen molar-refractivity contribution >= 4 is 37.8 Å². The zero-order valence-electron chi connectivity index (χ0n) is 6.88. The number of esters is 1. The molecular weight excluding hydrogens is 302 g/mol. The molecule has 70 valence electrons. The second kappa shape index (κ2) is 4.72. The van der Waals surface area contributed by atoms with Crippen molar-refractivity contribution in [2.24, 2.45) is 0 Å². The number of carbonyl (C=O) groups excluding carboxylic acids is 1. The Morgan fingerprint density at radius 3 is 2.92 bits per heavy atom. The van der Waals surface area contributed by atoms with Gasteiger partial charge in [-0.15, -0.1) is 0 Å². The molecule has 0 aromatic carbocycles. The smallest absolute Gasteiger partial charge is 0.358 e. The van der Waals surface area contributed by atoms with Crippen LogP contribution in [0.15, 0.2) is 21.2 Å². The molecule has 1 aromatic rings. The molecule has 0 atom stereocenters. The number of ether oxygens (including phenoxy) is 1. The third-order valence-electron chi connectivity index (χ3n) is 1.31. The number of nitrogens with zero attached hydrogens (tertiary/aromatic N) is 1. The molecule has 0 aliphatic rings. The number of aromatic nitrogens is 1. The Kier molecular flexibility index (Phi) is 3.87. The summed E-state index contributed by atoms with van der Waals surface area (Å²) in [4.78, 5) is 15.2. The third-order valence-corrected chi connectivity index (χ3v) is 3.31. The van der Waals surface area contributed by atoms with E-state index in [4.69, 9.17) is 4.74 Å². The fourth-order valence-electron chi connectivity index (χ4n) is 0.762. The summed E-state index contributed by atoms with van der Waals surface area (Å²) in [6.07, 6.45) is 1.54. The standard InChI is InChI=1S/C8H7Br2NO2/c1-2-13-8(12)7-6(10)5(9)3-4-11-7/h3-4H,2H2,1H3. The van der Waals surface area contributed by atoms with E-state index in [1.54, 1.807) is 19.2 Å². The van der Waals surface area contributed by atoms with Crippen LogP contribution < -0.4 is 0 Å². The van der Waals surface area contributed by atoms with Crippen LogP contribution in [-0.2, 0) is 4.74 Å². The van der Waals surface area contributed by atoms with Gasteiger partial charge in [-0.2, -0.15) is 0 Å². The molecule has 0 unspecified atom stereocenters. The van der Waals surface area contributed by atoms with Crippen molar-refractivity contribution in [3.8, 4) is 0 Å². The van der Waals surface area contributed by atoms with Crippen molar-refractivity contribution in [1.82, 2.24) is 4.98 Å². The number of hydrogen-bond acceptors (Lipinski definition) is 3. The fraction of sp³-hybridized carbons (Fsp3) is 0.250. The lowest BCUT2D eigenvalue weighted by molar-refractivity contribution is 0.0518. The summed E-state index contributed by atoms with van der Waals surface area (Å²) in [6.45, 7) is 2.10. The van der Waals surface area contributed by atoms with E-state index in [9.17, 15) is 4.79 Å². The van der Waals surface area contributed by atoms with Gasteiger partial charge in [0.05, 0.1) is 11.1 Å². The van der Waals surface area contributed by atoms with Crippen LogP contribution in [0.4, 0.5) is 0 Å². The van der Waals surface area contributed by atoms with E-state index in [2.05, 4.69) is 36.8 Å². The summed E-state index contributed by atoms with van der Waals surface area (Å²) in [6, 6.07) is 1.74. The highest BCUT2D eigenvalue weighted by Crippen LogP contribution is 2.25. The molecule has 1 rings (SSSR count). The maximum absolute atomic E-state index is 11.3. The Hall–Kier alpha value is -0.420. The first-order valence-corrected chi connectivity index (χ1v) is 5.22. The molecule has 0 bridgehead atoms. The molecule has 0 amide bonds. The summed E-state index contributed by atoms with van der Waals surface area (Å²) < 4.78 is 6.21. The fourth-order valence-corrected chi connectivity index (χ4v) is 1.46. The second-order valence-electron chi connectivity index (χ2n) is 2.18. The quantitative estimate of drug-likeness (QED) is 0.789. The SMILES string of the molecule is CCOC(=O)c1nccc(Br)c1Br. The summed E-state index contributed by atoms with van der Waals surface area (Å²) in [5.41, 5.74) is 0.288. The van der Waals surface area contributed by atoms with Crippen LogP contribution in [0.25, 0.3) is 0 Å². The summed E-state index contributed by atoms with van der Waals surface area (Å²) in [5.74, 6) is -0.421. The molecule has 0 saturated heterocycles. The maximum Gasteiger partial charge on any atom is 0.358 e. The highest BCUT2D eigenvalue weighted by Gasteiger charge is 2.14. The highest BCUT2D eigenvalue weighted by atomic mass is 79.9. The summed E-state index contributed by atoms with van der Waals surface area (Å²) in [5, 5.41) is 0. The number of halogens is 2. The monoisotopic (exact) mass is 307 g/mol. The Labute approximate surface area is 92.8 Å². The molecule has 13 heavy (non-hydrogen) atoms. The molecule has 1 heterocycles. The van der Waals surface area contributed by atoms with Crippen LogP contribution in [0, 0.1) is 0 Å². The molecule has 0 spiro atoms. The van der Waals surface area contributed by atoms with Crippen molar-refractivity contribution in [2.45, 2.75) is 6.92 Å². The van der Waals surface area contributed by atoms with Gasteiger partial charge in [0.25, 0.3) is 0 Å². The Balaban J connectivity index is 3.01. The molecule has 5 heteroatoms. The molecule has 0 aliphatic carbocycles. The van der Waals surface area contributed by atoms with Crippen molar-refractivity contribution < 1.29 is 9.53 Å². The second-order valence-corrected chi connectivity index (χ2v) is 3.82. The van der Waals surface area contributed by atoms with E-state index in [0.717, 1.165) is 4.47 Å². The van der Waals surface area contributed by atoms with Crippen LogP contribution >= 0.6 is 31.9 Å². The van der Waals surface area contributed by atoms with Crippen molar-refractivity contribution in [1.29, 1.82) is 0 Å². The Morgan fingerprint density at radius 2 is 2.31 bits per heavy atom. The van der Waals surface area contributed by atoms with Gasteiger partial charge in [-0.3, -0.25) is 0 Å². The van der Waals surface area contributed by atoms with E-state index in [1.165, 1.54) is 0 Å². The van der Waals surface area contributed by atoms with Crippen molar-refractivity contribution in [3.05, 3.63) is 26.9 Å². The average Bonchev–Trinajstić information content (AvgIpc) is 2.10. The molecule has 0 saturated carbocycles. The highest BCUT2D eigenvalue weighted by molar-refractivity contribution is 9.13. The largest absolute Gasteiger partial charge is 0.461 e. The molecule has 0 fully saturated rings. The van der Waals surface area contributed by atoms with E-state index in [1.807, 2.05) is 0 Å². The zero-order valence-corrected chi connectivity index (χ0v) is 10.1. The Morgan fingerprint density at radius 1 is 1.62 bits per heavy atom. The molecule has 0 radical (unpaired) electrons. The van der Waals surface area contributed by atoms with Gasteiger partial charge in [-0.1, -0.05) is 0 Å². The minimum absolute atomic E-state index is 0.288. The summed E-state index contributed by atoms with van der Waals surface area (Å²) in [7, 11) is 0. The van der Waals surface area contributed by atoms with Crippen molar-refractivity contribution in [3.63, 3.8) is 0 Å². The Bertz CT molecular complexity index is 328. The van der Waals surface area contributed by atoms with Gasteiger partial charge in [0.1, 0.15) is 0 Å².